The lowest BCUT2D eigenvalue weighted by Crippen LogP contribution is -2.40. The first-order valence-electron chi connectivity index (χ1n) is 9.18. The summed E-state index contributed by atoms with van der Waals surface area (Å²) in [6.07, 6.45) is 1.46. The van der Waals surface area contributed by atoms with Gasteiger partial charge in [-0.05, 0) is 24.6 Å². The van der Waals surface area contributed by atoms with Crippen molar-refractivity contribution in [2.75, 3.05) is 13.4 Å². The van der Waals surface area contributed by atoms with Crippen LogP contribution in [0.4, 0.5) is 0 Å². The summed E-state index contributed by atoms with van der Waals surface area (Å²) in [7, 11) is 2.95. The smallest absolute Gasteiger partial charge is 0.417 e. The third-order valence-corrected chi connectivity index (χ3v) is 5.04. The fourth-order valence-electron chi connectivity index (χ4n) is 3.57. The zero-order chi connectivity index (χ0) is 21.6. The van der Waals surface area contributed by atoms with Crippen LogP contribution in [0.25, 0.3) is 22.2 Å². The van der Waals surface area contributed by atoms with Gasteiger partial charge in [0.25, 0.3) is 11.2 Å². The van der Waals surface area contributed by atoms with Gasteiger partial charge in [-0.2, -0.15) is 4.57 Å². The van der Waals surface area contributed by atoms with E-state index in [1.54, 1.807) is 32.2 Å². The zero-order valence-corrected chi connectivity index (χ0v) is 16.8. The minimum atomic E-state index is -0.617. The summed E-state index contributed by atoms with van der Waals surface area (Å²) in [5.74, 6) is 0.450. The summed E-state index contributed by atoms with van der Waals surface area (Å²) in [5.41, 5.74) is 0.837. The van der Waals surface area contributed by atoms with Crippen molar-refractivity contribution in [2.45, 2.75) is 6.92 Å². The Morgan fingerprint density at radius 1 is 1.23 bits per heavy atom. The van der Waals surface area contributed by atoms with Crippen LogP contribution in [-0.2, 0) is 18.8 Å². The number of carbonyl (C=O) groups excluding carboxylic acids is 1. The van der Waals surface area contributed by atoms with Gasteiger partial charge in [-0.1, -0.05) is 18.7 Å². The van der Waals surface area contributed by atoms with Crippen LogP contribution in [0.2, 0.25) is 0 Å². The summed E-state index contributed by atoms with van der Waals surface area (Å²) in [5, 5.41) is 0.189. The van der Waals surface area contributed by atoms with Crippen molar-refractivity contribution in [2.24, 2.45) is 14.1 Å². The van der Waals surface area contributed by atoms with Crippen molar-refractivity contribution >= 4 is 17.0 Å². The molecule has 4 rings (SSSR count). The molecule has 2 aromatic heterocycles. The highest BCUT2D eigenvalue weighted by molar-refractivity contribution is 6.06. The van der Waals surface area contributed by atoms with Gasteiger partial charge in [0.15, 0.2) is 11.5 Å². The molecule has 30 heavy (non-hydrogen) atoms. The lowest BCUT2D eigenvalue weighted by molar-refractivity contribution is -0.359. The number of ether oxygens (including phenoxy) is 3. The van der Waals surface area contributed by atoms with Crippen LogP contribution in [0.5, 0.6) is 11.5 Å². The van der Waals surface area contributed by atoms with Crippen molar-refractivity contribution in [1.29, 1.82) is 0 Å². The van der Waals surface area contributed by atoms with Crippen LogP contribution in [-0.4, -0.2) is 28.5 Å². The molecule has 3 heterocycles. The number of hydrogen-bond donors (Lipinski definition) is 0. The van der Waals surface area contributed by atoms with Crippen molar-refractivity contribution in [1.82, 2.24) is 9.13 Å². The summed E-state index contributed by atoms with van der Waals surface area (Å²) in [6.45, 7) is 5.35. The van der Waals surface area contributed by atoms with Gasteiger partial charge in [0.1, 0.15) is 23.3 Å². The van der Waals surface area contributed by atoms with Gasteiger partial charge in [0.05, 0.1) is 7.05 Å². The number of H-pyrrole nitrogens is 1. The average Bonchev–Trinajstić information content (AvgIpc) is 3.21. The third-order valence-electron chi connectivity index (χ3n) is 5.04. The summed E-state index contributed by atoms with van der Waals surface area (Å²) >= 11 is 0. The molecule has 0 atom stereocenters. The topological polar surface area (TPSA) is 103 Å². The van der Waals surface area contributed by atoms with Crippen molar-refractivity contribution < 1.29 is 24.0 Å². The molecule has 154 valence electrons. The second-order valence-corrected chi connectivity index (χ2v) is 6.88. The fraction of sp³-hybridized carbons (Fsp3) is 0.238. The lowest BCUT2D eigenvalue weighted by atomic mass is 9.95. The Kier molecular flexibility index (Phi) is 4.65. The van der Waals surface area contributed by atoms with Gasteiger partial charge in [-0.25, -0.2) is 19.1 Å². The maximum absolute atomic E-state index is 13.1. The van der Waals surface area contributed by atoms with Gasteiger partial charge < -0.3 is 14.2 Å². The van der Waals surface area contributed by atoms with Gasteiger partial charge in [-0.3, -0.25) is 4.79 Å². The summed E-state index contributed by atoms with van der Waals surface area (Å²) < 4.78 is 18.4. The maximum Gasteiger partial charge on any atom is 0.417 e. The van der Waals surface area contributed by atoms with Crippen LogP contribution >= 0.6 is 0 Å². The molecule has 3 aromatic rings. The summed E-state index contributed by atoms with van der Waals surface area (Å²) in [6, 6.07) is 5.14. The number of nitrogens with zero attached hydrogens (tertiary/aromatic N) is 2. The van der Waals surface area contributed by atoms with Crippen LogP contribution in [0.1, 0.15) is 16.1 Å². The first-order chi connectivity index (χ1) is 14.3. The van der Waals surface area contributed by atoms with Crippen molar-refractivity contribution in [3.8, 4) is 22.6 Å². The Balaban J connectivity index is 2.16. The van der Waals surface area contributed by atoms with E-state index in [0.29, 0.717) is 34.0 Å². The lowest BCUT2D eigenvalue weighted by Gasteiger charge is -2.14. The first kappa shape index (κ1) is 19.4. The molecule has 1 aliphatic rings. The van der Waals surface area contributed by atoms with E-state index in [2.05, 4.69) is 11.6 Å². The molecule has 0 radical (unpaired) electrons. The number of hydrogen-bond acceptors (Lipinski definition) is 6. The summed E-state index contributed by atoms with van der Waals surface area (Å²) in [4.78, 5) is 41.5. The highest BCUT2D eigenvalue weighted by Crippen LogP contribution is 2.38. The van der Waals surface area contributed by atoms with E-state index in [4.69, 9.17) is 14.2 Å². The van der Waals surface area contributed by atoms with Gasteiger partial charge >= 0.3 is 11.7 Å². The molecule has 1 N–H and O–H groups in total. The van der Waals surface area contributed by atoms with E-state index in [-0.39, 0.29) is 24.3 Å². The molecule has 0 aliphatic carbocycles. The van der Waals surface area contributed by atoms with E-state index >= 15 is 0 Å². The molecule has 0 saturated heterocycles. The van der Waals surface area contributed by atoms with Gasteiger partial charge in [0, 0.05) is 12.6 Å². The predicted octanol–water partition coefficient (Wildman–Crippen LogP) is 1.10. The molecule has 1 aliphatic heterocycles. The average molecular weight is 410 g/mol. The molecule has 9 heteroatoms. The molecule has 9 nitrogen and oxygen atoms in total. The standard InChI is InChI=1S/C21H19N3O6/c1-5-8-28-20(26)15-11(2)22-18-17(19(25)24(4)21(27)23(18)3)16(15)12-6-7-13-14(9-12)30-10-29-13/h5-7,9H,1,8,10H2,2-4H3/p+1. The van der Waals surface area contributed by atoms with Gasteiger partial charge in [0.2, 0.25) is 6.79 Å². The maximum atomic E-state index is 13.1. The Labute approximate surface area is 170 Å². The second-order valence-electron chi connectivity index (χ2n) is 6.88. The zero-order valence-electron chi connectivity index (χ0n) is 16.8. The molecule has 0 bridgehead atoms. The van der Waals surface area contributed by atoms with E-state index < -0.39 is 17.2 Å². The molecular formula is C21H20N3O6+. The number of pyridine rings is 1. The van der Waals surface area contributed by atoms with E-state index in [0.717, 1.165) is 4.57 Å². The molecule has 0 saturated carbocycles. The first-order valence-corrected chi connectivity index (χ1v) is 9.18. The quantitative estimate of drug-likeness (QED) is 0.471. The predicted molar refractivity (Wildman–Crippen MR) is 108 cm³/mol. The SMILES string of the molecule is C=CCOC(=O)c1c(C)[nH+]c2c(c1-c1ccc3c(c1)OCO3)c(=O)n(C)c(=O)n2C. The minimum absolute atomic E-state index is 0.0160. The second kappa shape index (κ2) is 7.18. The number of rotatable bonds is 4. The van der Waals surface area contributed by atoms with Crippen LogP contribution < -0.4 is 25.7 Å². The van der Waals surface area contributed by atoms with E-state index in [1.807, 2.05) is 0 Å². The van der Waals surface area contributed by atoms with Crippen LogP contribution in [0, 0.1) is 6.92 Å². The number of nitrogens with one attached hydrogen (secondary N) is 1. The number of esters is 1. The Bertz CT molecular complexity index is 1340. The highest BCUT2D eigenvalue weighted by Gasteiger charge is 2.29. The fourth-order valence-corrected chi connectivity index (χ4v) is 3.57. The Morgan fingerprint density at radius 2 is 1.97 bits per heavy atom. The van der Waals surface area contributed by atoms with E-state index in [9.17, 15) is 14.4 Å². The number of carbonyl (C=O) groups is 1. The third kappa shape index (κ3) is 2.86. The number of aromatic amines is 1. The van der Waals surface area contributed by atoms with Gasteiger partial charge in [-0.15, -0.1) is 0 Å². The monoisotopic (exact) mass is 410 g/mol. The van der Waals surface area contributed by atoms with Crippen molar-refractivity contribution in [3.05, 3.63) is 62.9 Å². The number of aromatic nitrogens is 3. The van der Waals surface area contributed by atoms with Crippen molar-refractivity contribution in [3.63, 3.8) is 0 Å². The number of fused-ring (bicyclic) bond motifs is 2. The minimum Gasteiger partial charge on any atom is -0.458 e. The number of benzene rings is 1. The Hall–Kier alpha value is -3.88. The Morgan fingerprint density at radius 3 is 2.70 bits per heavy atom. The van der Waals surface area contributed by atoms with Crippen LogP contribution in [0.3, 0.4) is 0 Å². The number of aryl methyl sites for hydroxylation is 2. The highest BCUT2D eigenvalue weighted by atomic mass is 16.7. The molecule has 1 aromatic carbocycles. The van der Waals surface area contributed by atoms with E-state index in [1.165, 1.54) is 17.7 Å². The largest absolute Gasteiger partial charge is 0.458 e. The molecule has 0 fully saturated rings. The normalized spacial score (nSPS) is 12.2. The molecule has 0 spiro atoms. The van der Waals surface area contributed by atoms with Crippen LogP contribution in [0.15, 0.2) is 40.4 Å². The molecule has 0 unspecified atom stereocenters. The molecule has 0 amide bonds. The molecular weight excluding hydrogens is 390 g/mol.